The minimum atomic E-state index is -0.418. The van der Waals surface area contributed by atoms with Gasteiger partial charge in [-0.15, -0.1) is 0 Å². The van der Waals surface area contributed by atoms with Crippen molar-refractivity contribution in [1.29, 1.82) is 0 Å². The smallest absolute Gasteiger partial charge is 0.128 e. The van der Waals surface area contributed by atoms with Crippen LogP contribution in [0.2, 0.25) is 0 Å². The molecule has 1 aromatic heterocycles. The van der Waals surface area contributed by atoms with Gasteiger partial charge < -0.3 is 10.0 Å². The van der Waals surface area contributed by atoms with E-state index in [0.29, 0.717) is 0 Å². The molecule has 1 aliphatic rings. The Morgan fingerprint density at radius 1 is 1.56 bits per heavy atom. The Labute approximate surface area is 97.1 Å². The summed E-state index contributed by atoms with van der Waals surface area (Å²) >= 11 is 0. The molecule has 3 nitrogen and oxygen atoms in total. The van der Waals surface area contributed by atoms with E-state index >= 15 is 0 Å². The van der Waals surface area contributed by atoms with Crippen molar-refractivity contribution in [3.63, 3.8) is 0 Å². The fourth-order valence-electron chi connectivity index (χ4n) is 2.06. The topological polar surface area (TPSA) is 36.4 Å². The molecule has 1 aliphatic carbocycles. The summed E-state index contributed by atoms with van der Waals surface area (Å²) in [6, 6.07) is 3.84. The van der Waals surface area contributed by atoms with Crippen molar-refractivity contribution in [3.05, 3.63) is 23.9 Å². The monoisotopic (exact) mass is 220 g/mol. The highest BCUT2D eigenvalue weighted by atomic mass is 16.3. The molecule has 1 aromatic rings. The van der Waals surface area contributed by atoms with E-state index in [0.717, 1.165) is 23.8 Å². The number of rotatable bonds is 4. The van der Waals surface area contributed by atoms with Crippen LogP contribution < -0.4 is 4.90 Å². The van der Waals surface area contributed by atoms with Crippen LogP contribution in [0.1, 0.15) is 37.9 Å². The Bertz CT molecular complexity index is 348. The van der Waals surface area contributed by atoms with Crippen molar-refractivity contribution in [2.24, 2.45) is 5.92 Å². The van der Waals surface area contributed by atoms with Gasteiger partial charge in [-0.25, -0.2) is 4.98 Å². The first-order valence-corrected chi connectivity index (χ1v) is 6.02. The van der Waals surface area contributed by atoms with Crippen LogP contribution in [0.15, 0.2) is 18.3 Å². The molecule has 3 heteroatoms. The van der Waals surface area contributed by atoms with Crippen LogP contribution >= 0.6 is 0 Å². The molecule has 88 valence electrons. The number of pyridine rings is 1. The van der Waals surface area contributed by atoms with Gasteiger partial charge in [0, 0.05) is 19.8 Å². The number of hydrogen-bond donors (Lipinski definition) is 1. The number of aromatic nitrogens is 1. The number of aliphatic hydroxyl groups is 1. The van der Waals surface area contributed by atoms with Crippen LogP contribution in [0.5, 0.6) is 0 Å². The highest BCUT2D eigenvalue weighted by Gasteiger charge is 2.19. The van der Waals surface area contributed by atoms with Crippen LogP contribution in [0.4, 0.5) is 5.82 Å². The molecule has 0 bridgehead atoms. The Morgan fingerprint density at radius 2 is 2.31 bits per heavy atom. The first-order valence-electron chi connectivity index (χ1n) is 6.02. The van der Waals surface area contributed by atoms with Crippen molar-refractivity contribution in [2.45, 2.75) is 32.3 Å². The standard InChI is InChI=1S/C13H20N2O/c1-10(16)12-6-7-14-13(8-12)15(2)9-11-4-3-5-11/h6-8,10-11,16H,3-5,9H2,1-2H3/t10-/m1/s1. The number of anilines is 1. The molecule has 1 atom stereocenters. The predicted molar refractivity (Wildman–Crippen MR) is 65.5 cm³/mol. The Hall–Kier alpha value is -1.09. The molecular formula is C13H20N2O. The molecule has 0 radical (unpaired) electrons. The van der Waals surface area contributed by atoms with Gasteiger partial charge in [0.1, 0.15) is 5.82 Å². The average Bonchev–Trinajstić information content (AvgIpc) is 2.23. The van der Waals surface area contributed by atoms with Crippen LogP contribution in [-0.2, 0) is 0 Å². The first kappa shape index (κ1) is 11.4. The van der Waals surface area contributed by atoms with Gasteiger partial charge in [-0.05, 0) is 43.4 Å². The van der Waals surface area contributed by atoms with E-state index in [-0.39, 0.29) is 0 Å². The third kappa shape index (κ3) is 2.53. The summed E-state index contributed by atoms with van der Waals surface area (Å²) < 4.78 is 0. The van der Waals surface area contributed by atoms with Crippen LogP contribution in [0.25, 0.3) is 0 Å². The Morgan fingerprint density at radius 3 is 2.88 bits per heavy atom. The lowest BCUT2D eigenvalue weighted by Gasteiger charge is -2.30. The SMILES string of the molecule is C[C@@H](O)c1ccnc(N(C)CC2CCC2)c1. The zero-order valence-corrected chi connectivity index (χ0v) is 10.1. The zero-order chi connectivity index (χ0) is 11.5. The summed E-state index contributed by atoms with van der Waals surface area (Å²) in [6.45, 7) is 2.86. The van der Waals surface area contributed by atoms with Crippen molar-refractivity contribution < 1.29 is 5.11 Å². The number of aliphatic hydroxyl groups excluding tert-OH is 1. The molecule has 0 spiro atoms. The molecule has 1 heterocycles. The molecule has 0 aliphatic heterocycles. The maximum Gasteiger partial charge on any atom is 0.128 e. The second kappa shape index (κ2) is 4.83. The number of hydrogen-bond acceptors (Lipinski definition) is 3. The lowest BCUT2D eigenvalue weighted by Crippen LogP contribution is -2.29. The summed E-state index contributed by atoms with van der Waals surface area (Å²) in [5.74, 6) is 1.80. The van der Waals surface area contributed by atoms with E-state index in [9.17, 15) is 5.11 Å². The van der Waals surface area contributed by atoms with E-state index in [2.05, 4.69) is 16.9 Å². The van der Waals surface area contributed by atoms with Crippen LogP contribution in [0, 0.1) is 5.92 Å². The summed E-state index contributed by atoms with van der Waals surface area (Å²) in [7, 11) is 2.08. The molecule has 1 saturated carbocycles. The lowest BCUT2D eigenvalue weighted by molar-refractivity contribution is 0.199. The van der Waals surface area contributed by atoms with Gasteiger partial charge in [0.05, 0.1) is 6.10 Å². The normalized spacial score (nSPS) is 17.9. The molecule has 0 saturated heterocycles. The van der Waals surface area contributed by atoms with Gasteiger partial charge >= 0.3 is 0 Å². The fraction of sp³-hybridized carbons (Fsp3) is 0.615. The summed E-state index contributed by atoms with van der Waals surface area (Å²) in [5.41, 5.74) is 0.936. The largest absolute Gasteiger partial charge is 0.389 e. The third-order valence-electron chi connectivity index (χ3n) is 3.40. The van der Waals surface area contributed by atoms with Gasteiger partial charge in [-0.1, -0.05) is 6.42 Å². The van der Waals surface area contributed by atoms with E-state index in [4.69, 9.17) is 0 Å². The highest BCUT2D eigenvalue weighted by Crippen LogP contribution is 2.28. The minimum absolute atomic E-state index is 0.418. The van der Waals surface area contributed by atoms with Crippen molar-refractivity contribution >= 4 is 5.82 Å². The minimum Gasteiger partial charge on any atom is -0.389 e. The number of nitrogens with zero attached hydrogens (tertiary/aromatic N) is 2. The van der Waals surface area contributed by atoms with Crippen molar-refractivity contribution in [3.8, 4) is 0 Å². The molecule has 0 amide bonds. The van der Waals surface area contributed by atoms with Crippen molar-refractivity contribution in [1.82, 2.24) is 4.98 Å². The van der Waals surface area contributed by atoms with E-state index in [1.165, 1.54) is 19.3 Å². The molecular weight excluding hydrogens is 200 g/mol. The van der Waals surface area contributed by atoms with Gasteiger partial charge in [0.15, 0.2) is 0 Å². The Kier molecular flexibility index (Phi) is 3.44. The third-order valence-corrected chi connectivity index (χ3v) is 3.40. The van der Waals surface area contributed by atoms with E-state index in [1.54, 1.807) is 13.1 Å². The molecule has 2 rings (SSSR count). The maximum atomic E-state index is 9.52. The van der Waals surface area contributed by atoms with E-state index < -0.39 is 6.10 Å². The van der Waals surface area contributed by atoms with Crippen LogP contribution in [0.3, 0.4) is 0 Å². The van der Waals surface area contributed by atoms with E-state index in [1.807, 2.05) is 12.1 Å². The van der Waals surface area contributed by atoms with Gasteiger partial charge in [0.2, 0.25) is 0 Å². The second-order valence-electron chi connectivity index (χ2n) is 4.80. The van der Waals surface area contributed by atoms with Crippen molar-refractivity contribution in [2.75, 3.05) is 18.5 Å². The molecule has 1 N–H and O–H groups in total. The molecule has 0 unspecified atom stereocenters. The summed E-state index contributed by atoms with van der Waals surface area (Å²) in [5, 5.41) is 9.52. The van der Waals surface area contributed by atoms with Gasteiger partial charge in [-0.3, -0.25) is 0 Å². The second-order valence-corrected chi connectivity index (χ2v) is 4.80. The highest BCUT2D eigenvalue weighted by molar-refractivity contribution is 5.40. The predicted octanol–water partition coefficient (Wildman–Crippen LogP) is 2.37. The lowest BCUT2D eigenvalue weighted by atomic mass is 9.85. The quantitative estimate of drug-likeness (QED) is 0.846. The summed E-state index contributed by atoms with van der Waals surface area (Å²) in [4.78, 5) is 6.54. The average molecular weight is 220 g/mol. The van der Waals surface area contributed by atoms with Gasteiger partial charge in [-0.2, -0.15) is 0 Å². The maximum absolute atomic E-state index is 9.52. The van der Waals surface area contributed by atoms with Crippen LogP contribution in [-0.4, -0.2) is 23.7 Å². The fourth-order valence-corrected chi connectivity index (χ4v) is 2.06. The molecule has 0 aromatic carbocycles. The molecule has 1 fully saturated rings. The first-order chi connectivity index (χ1) is 7.66. The summed E-state index contributed by atoms with van der Waals surface area (Å²) in [6.07, 6.45) is 5.42. The Balaban J connectivity index is 2.03. The molecule has 16 heavy (non-hydrogen) atoms. The zero-order valence-electron chi connectivity index (χ0n) is 10.1. The van der Waals surface area contributed by atoms with Gasteiger partial charge in [0.25, 0.3) is 0 Å².